The maximum atomic E-state index is 11.8. The Hall–Kier alpha value is -2.61. The highest BCUT2D eigenvalue weighted by Gasteiger charge is 2.17. The standard InChI is InChI=1S/C11H9ClN4O4/c1-20-8-3-7(6(12)2-5(8)11(18)19)15-10(17)9-13-4-14-16-9/h2-4H,1H3,(H,15,17)(H,18,19)(H,13,14,16). The summed E-state index contributed by atoms with van der Waals surface area (Å²) >= 11 is 5.93. The quantitative estimate of drug-likeness (QED) is 0.785. The van der Waals surface area contributed by atoms with Crippen molar-refractivity contribution in [2.75, 3.05) is 12.4 Å². The molecule has 0 aliphatic carbocycles. The Morgan fingerprint density at radius 3 is 2.75 bits per heavy atom. The van der Waals surface area contributed by atoms with Crippen molar-refractivity contribution in [3.63, 3.8) is 0 Å². The lowest BCUT2D eigenvalue weighted by Gasteiger charge is -2.10. The summed E-state index contributed by atoms with van der Waals surface area (Å²) in [4.78, 5) is 26.5. The summed E-state index contributed by atoms with van der Waals surface area (Å²) in [6.45, 7) is 0. The number of rotatable bonds is 4. The second-order valence-corrected chi connectivity index (χ2v) is 4.03. The van der Waals surface area contributed by atoms with E-state index in [4.69, 9.17) is 21.4 Å². The maximum absolute atomic E-state index is 11.8. The van der Waals surface area contributed by atoms with E-state index in [1.165, 1.54) is 25.6 Å². The van der Waals surface area contributed by atoms with E-state index < -0.39 is 11.9 Å². The lowest BCUT2D eigenvalue weighted by atomic mass is 10.1. The normalized spacial score (nSPS) is 10.1. The van der Waals surface area contributed by atoms with Crippen LogP contribution in [0.15, 0.2) is 18.5 Å². The number of carboxylic acid groups (broad SMARTS) is 1. The number of carbonyl (C=O) groups is 2. The van der Waals surface area contributed by atoms with Crippen molar-refractivity contribution in [2.45, 2.75) is 0 Å². The van der Waals surface area contributed by atoms with Crippen molar-refractivity contribution in [1.29, 1.82) is 0 Å². The molecule has 0 aliphatic heterocycles. The molecule has 0 fully saturated rings. The zero-order valence-corrected chi connectivity index (χ0v) is 10.9. The molecule has 0 aliphatic rings. The van der Waals surface area contributed by atoms with Crippen molar-refractivity contribution in [3.8, 4) is 5.75 Å². The highest BCUT2D eigenvalue weighted by atomic mass is 35.5. The molecule has 9 heteroatoms. The van der Waals surface area contributed by atoms with Crippen LogP contribution in [-0.4, -0.2) is 39.3 Å². The van der Waals surface area contributed by atoms with Gasteiger partial charge in [-0.1, -0.05) is 11.6 Å². The fraction of sp³-hybridized carbons (Fsp3) is 0.0909. The minimum atomic E-state index is -1.18. The Kier molecular flexibility index (Phi) is 3.85. The van der Waals surface area contributed by atoms with Crippen LogP contribution < -0.4 is 10.1 Å². The smallest absolute Gasteiger partial charge is 0.339 e. The van der Waals surface area contributed by atoms with Crippen LogP contribution in [0.2, 0.25) is 5.02 Å². The van der Waals surface area contributed by atoms with E-state index in [1.807, 2.05) is 0 Å². The van der Waals surface area contributed by atoms with Gasteiger partial charge in [-0.05, 0) is 6.07 Å². The van der Waals surface area contributed by atoms with Gasteiger partial charge in [-0.25, -0.2) is 9.78 Å². The number of anilines is 1. The van der Waals surface area contributed by atoms with Crippen molar-refractivity contribution in [2.24, 2.45) is 0 Å². The van der Waals surface area contributed by atoms with Gasteiger partial charge in [-0.2, -0.15) is 5.10 Å². The number of aromatic amines is 1. The third-order valence-electron chi connectivity index (χ3n) is 2.40. The lowest BCUT2D eigenvalue weighted by Crippen LogP contribution is -2.14. The van der Waals surface area contributed by atoms with Crippen LogP contribution in [0.1, 0.15) is 21.0 Å². The molecule has 0 unspecified atom stereocenters. The molecule has 2 aromatic rings. The van der Waals surface area contributed by atoms with Gasteiger partial charge in [0.25, 0.3) is 5.91 Å². The fourth-order valence-electron chi connectivity index (χ4n) is 1.48. The van der Waals surface area contributed by atoms with Crippen LogP contribution in [0, 0.1) is 0 Å². The van der Waals surface area contributed by atoms with E-state index in [9.17, 15) is 9.59 Å². The Bertz CT molecular complexity index is 657. The second kappa shape index (κ2) is 5.57. The highest BCUT2D eigenvalue weighted by Crippen LogP contribution is 2.31. The molecule has 0 saturated heterocycles. The molecule has 0 spiro atoms. The fourth-order valence-corrected chi connectivity index (χ4v) is 1.69. The predicted octanol–water partition coefficient (Wildman–Crippen LogP) is 1.42. The Balaban J connectivity index is 2.33. The van der Waals surface area contributed by atoms with Gasteiger partial charge in [0.15, 0.2) is 0 Å². The number of nitrogens with zero attached hydrogens (tertiary/aromatic N) is 2. The molecule has 1 amide bonds. The number of carboxylic acids is 1. The third kappa shape index (κ3) is 2.69. The minimum absolute atomic E-state index is 0.00217. The summed E-state index contributed by atoms with van der Waals surface area (Å²) in [5, 5.41) is 17.5. The molecule has 1 aromatic carbocycles. The number of nitrogens with one attached hydrogen (secondary N) is 2. The van der Waals surface area contributed by atoms with Crippen LogP contribution in [0.25, 0.3) is 0 Å². The van der Waals surface area contributed by atoms with E-state index in [-0.39, 0.29) is 27.8 Å². The zero-order valence-electron chi connectivity index (χ0n) is 10.2. The van der Waals surface area contributed by atoms with Gasteiger partial charge in [-0.15, -0.1) is 0 Å². The number of H-pyrrole nitrogens is 1. The molecule has 0 radical (unpaired) electrons. The van der Waals surface area contributed by atoms with Crippen LogP contribution in [0.5, 0.6) is 5.75 Å². The van der Waals surface area contributed by atoms with Gasteiger partial charge < -0.3 is 15.2 Å². The molecule has 0 bridgehead atoms. The number of halogens is 1. The van der Waals surface area contributed by atoms with Crippen molar-refractivity contribution in [3.05, 3.63) is 34.9 Å². The lowest BCUT2D eigenvalue weighted by molar-refractivity contribution is 0.0693. The van der Waals surface area contributed by atoms with Crippen molar-refractivity contribution >= 4 is 29.2 Å². The molecule has 3 N–H and O–H groups in total. The largest absolute Gasteiger partial charge is 0.496 e. The number of methoxy groups -OCH3 is 1. The van der Waals surface area contributed by atoms with Crippen molar-refractivity contribution in [1.82, 2.24) is 15.2 Å². The molecule has 8 nitrogen and oxygen atoms in total. The van der Waals surface area contributed by atoms with Crippen LogP contribution in [0.3, 0.4) is 0 Å². The highest BCUT2D eigenvalue weighted by molar-refractivity contribution is 6.34. The molecule has 0 atom stereocenters. The zero-order chi connectivity index (χ0) is 14.7. The Labute approximate surface area is 117 Å². The maximum Gasteiger partial charge on any atom is 0.339 e. The molecule has 20 heavy (non-hydrogen) atoms. The van der Waals surface area contributed by atoms with E-state index in [0.717, 1.165) is 0 Å². The van der Waals surface area contributed by atoms with Crippen LogP contribution in [-0.2, 0) is 0 Å². The van der Waals surface area contributed by atoms with Crippen molar-refractivity contribution < 1.29 is 19.4 Å². The van der Waals surface area contributed by atoms with E-state index >= 15 is 0 Å². The molecule has 1 heterocycles. The third-order valence-corrected chi connectivity index (χ3v) is 2.71. The van der Waals surface area contributed by atoms with Gasteiger partial charge in [0.2, 0.25) is 5.82 Å². The molecule has 0 saturated carbocycles. The Morgan fingerprint density at radius 2 is 2.20 bits per heavy atom. The summed E-state index contributed by atoms with van der Waals surface area (Å²) in [5.41, 5.74) is 0.102. The summed E-state index contributed by atoms with van der Waals surface area (Å²) in [5.74, 6) is -1.66. The molecule has 2 rings (SSSR count). The summed E-state index contributed by atoms with van der Waals surface area (Å²) in [6, 6.07) is 2.51. The number of amides is 1. The van der Waals surface area contributed by atoms with E-state index in [0.29, 0.717) is 0 Å². The Morgan fingerprint density at radius 1 is 1.45 bits per heavy atom. The molecule has 104 valence electrons. The number of hydrogen-bond donors (Lipinski definition) is 3. The summed E-state index contributed by atoms with van der Waals surface area (Å²) in [7, 11) is 1.32. The number of benzene rings is 1. The van der Waals surface area contributed by atoms with E-state index in [2.05, 4.69) is 20.5 Å². The van der Waals surface area contributed by atoms with Gasteiger partial charge in [0.1, 0.15) is 17.6 Å². The first-order chi connectivity index (χ1) is 9.52. The first-order valence-electron chi connectivity index (χ1n) is 5.30. The average molecular weight is 297 g/mol. The van der Waals surface area contributed by atoms with Crippen LogP contribution in [0.4, 0.5) is 5.69 Å². The average Bonchev–Trinajstić information content (AvgIpc) is 2.94. The van der Waals surface area contributed by atoms with E-state index in [1.54, 1.807) is 0 Å². The second-order valence-electron chi connectivity index (χ2n) is 3.63. The topological polar surface area (TPSA) is 117 Å². The SMILES string of the molecule is COc1cc(NC(=O)c2ncn[nH]2)c(Cl)cc1C(=O)O. The van der Waals surface area contributed by atoms with Gasteiger partial charge in [0, 0.05) is 6.07 Å². The number of ether oxygens (including phenoxy) is 1. The van der Waals surface area contributed by atoms with Crippen LogP contribution >= 0.6 is 11.6 Å². The number of aromatic nitrogens is 3. The summed E-state index contributed by atoms with van der Waals surface area (Å²) < 4.78 is 4.95. The molecular formula is C11H9ClN4O4. The minimum Gasteiger partial charge on any atom is -0.496 e. The number of carbonyl (C=O) groups excluding carboxylic acids is 1. The van der Waals surface area contributed by atoms with Gasteiger partial charge in [-0.3, -0.25) is 9.89 Å². The number of hydrogen-bond acceptors (Lipinski definition) is 5. The first-order valence-corrected chi connectivity index (χ1v) is 5.68. The monoisotopic (exact) mass is 296 g/mol. The number of aromatic carboxylic acids is 1. The summed E-state index contributed by atoms with van der Waals surface area (Å²) in [6.07, 6.45) is 1.19. The first kappa shape index (κ1) is 13.8. The molecule has 1 aromatic heterocycles. The van der Waals surface area contributed by atoms with Gasteiger partial charge >= 0.3 is 5.97 Å². The van der Waals surface area contributed by atoms with Gasteiger partial charge in [0.05, 0.1) is 17.8 Å². The molecular weight excluding hydrogens is 288 g/mol. The predicted molar refractivity (Wildman–Crippen MR) is 69.3 cm³/mol.